The van der Waals surface area contributed by atoms with Crippen molar-refractivity contribution in [2.45, 2.75) is 25.8 Å². The molecule has 0 aromatic rings. The van der Waals surface area contributed by atoms with Crippen LogP contribution in [0.25, 0.3) is 0 Å². The highest BCUT2D eigenvalue weighted by Gasteiger charge is 2.22. The Bertz CT molecular complexity index is 261. The van der Waals surface area contributed by atoms with Gasteiger partial charge in [0.15, 0.2) is 0 Å². The van der Waals surface area contributed by atoms with Crippen LogP contribution >= 0.6 is 0 Å². The van der Waals surface area contributed by atoms with Gasteiger partial charge in [0.05, 0.1) is 19.3 Å². The number of carbonyl (C=O) groups is 1. The molecule has 0 radical (unpaired) electrons. The zero-order valence-corrected chi connectivity index (χ0v) is 11.3. The van der Waals surface area contributed by atoms with Crippen LogP contribution < -0.4 is 10.6 Å². The highest BCUT2D eigenvalue weighted by atomic mass is 16.5. The van der Waals surface area contributed by atoms with Gasteiger partial charge in [-0.15, -0.1) is 0 Å². The van der Waals surface area contributed by atoms with E-state index in [1.54, 1.807) is 0 Å². The molecule has 1 unspecified atom stereocenters. The first-order valence-corrected chi connectivity index (χ1v) is 7.07. The Morgan fingerprint density at radius 1 is 1.50 bits per heavy atom. The predicted molar refractivity (Wildman–Crippen MR) is 70.5 cm³/mol. The van der Waals surface area contributed by atoms with Crippen LogP contribution in [-0.2, 0) is 9.53 Å². The minimum absolute atomic E-state index is 0.0422. The van der Waals surface area contributed by atoms with Crippen LogP contribution in [0.2, 0.25) is 0 Å². The van der Waals surface area contributed by atoms with Gasteiger partial charge in [-0.3, -0.25) is 9.69 Å². The molecule has 1 amide bonds. The van der Waals surface area contributed by atoms with Gasteiger partial charge in [-0.25, -0.2) is 0 Å². The zero-order chi connectivity index (χ0) is 12.8. The lowest BCUT2D eigenvalue weighted by atomic mass is 10.1. The summed E-state index contributed by atoms with van der Waals surface area (Å²) in [6, 6.07) is 0.0422. The van der Waals surface area contributed by atoms with Crippen molar-refractivity contribution in [2.24, 2.45) is 5.92 Å². The molecule has 2 N–H and O–H groups in total. The number of ether oxygens (including phenoxy) is 1. The SMILES string of the molecule is CC(CNC(=O)[C@@H]1CCCN1)CN1CCOCC1. The summed E-state index contributed by atoms with van der Waals surface area (Å²) in [5.41, 5.74) is 0. The van der Waals surface area contributed by atoms with Gasteiger partial charge in [-0.1, -0.05) is 6.92 Å². The van der Waals surface area contributed by atoms with Gasteiger partial charge in [0, 0.05) is 26.2 Å². The second-order valence-corrected chi connectivity index (χ2v) is 5.41. The normalized spacial score (nSPS) is 27.1. The van der Waals surface area contributed by atoms with E-state index in [0.717, 1.165) is 58.8 Å². The van der Waals surface area contributed by atoms with E-state index in [1.807, 2.05) is 0 Å². The fourth-order valence-corrected chi connectivity index (χ4v) is 2.60. The molecule has 2 heterocycles. The number of nitrogens with one attached hydrogen (secondary N) is 2. The quantitative estimate of drug-likeness (QED) is 0.716. The molecule has 2 fully saturated rings. The molecule has 18 heavy (non-hydrogen) atoms. The maximum absolute atomic E-state index is 11.8. The molecule has 0 bridgehead atoms. The maximum Gasteiger partial charge on any atom is 0.237 e. The van der Waals surface area contributed by atoms with Crippen molar-refractivity contribution in [1.29, 1.82) is 0 Å². The lowest BCUT2D eigenvalue weighted by Crippen LogP contribution is -2.44. The Morgan fingerprint density at radius 2 is 2.28 bits per heavy atom. The van der Waals surface area contributed by atoms with Gasteiger partial charge in [-0.2, -0.15) is 0 Å². The van der Waals surface area contributed by atoms with Gasteiger partial charge < -0.3 is 15.4 Å². The van der Waals surface area contributed by atoms with E-state index in [9.17, 15) is 4.79 Å². The average Bonchev–Trinajstić information content (AvgIpc) is 2.91. The fourth-order valence-electron chi connectivity index (χ4n) is 2.60. The Labute approximate surface area is 109 Å². The number of rotatable bonds is 5. The molecule has 0 spiro atoms. The van der Waals surface area contributed by atoms with Crippen LogP contribution in [0, 0.1) is 5.92 Å². The van der Waals surface area contributed by atoms with Crippen molar-refractivity contribution in [2.75, 3.05) is 45.9 Å². The summed E-state index contributed by atoms with van der Waals surface area (Å²) in [5.74, 6) is 0.662. The second kappa shape index (κ2) is 7.07. The van der Waals surface area contributed by atoms with Gasteiger partial charge >= 0.3 is 0 Å². The van der Waals surface area contributed by atoms with Crippen LogP contribution in [0.4, 0.5) is 0 Å². The molecule has 0 aromatic heterocycles. The van der Waals surface area contributed by atoms with E-state index in [2.05, 4.69) is 22.5 Å². The third-order valence-corrected chi connectivity index (χ3v) is 3.68. The topological polar surface area (TPSA) is 53.6 Å². The van der Waals surface area contributed by atoms with Gasteiger partial charge in [0.25, 0.3) is 0 Å². The minimum Gasteiger partial charge on any atom is -0.379 e. The lowest BCUT2D eigenvalue weighted by molar-refractivity contribution is -0.123. The number of hydrogen-bond donors (Lipinski definition) is 2. The van der Waals surface area contributed by atoms with Crippen LogP contribution in [0.1, 0.15) is 19.8 Å². The molecule has 104 valence electrons. The van der Waals surface area contributed by atoms with Crippen molar-refractivity contribution >= 4 is 5.91 Å². The van der Waals surface area contributed by atoms with Crippen molar-refractivity contribution in [3.05, 3.63) is 0 Å². The molecule has 2 aliphatic rings. The monoisotopic (exact) mass is 255 g/mol. The second-order valence-electron chi connectivity index (χ2n) is 5.41. The Kier molecular flexibility index (Phi) is 5.41. The summed E-state index contributed by atoms with van der Waals surface area (Å²) in [6.07, 6.45) is 2.09. The van der Waals surface area contributed by atoms with E-state index in [1.165, 1.54) is 0 Å². The Balaban J connectivity index is 1.61. The summed E-state index contributed by atoms with van der Waals surface area (Å²) < 4.78 is 5.33. The van der Waals surface area contributed by atoms with Crippen molar-refractivity contribution in [1.82, 2.24) is 15.5 Å². The third-order valence-electron chi connectivity index (χ3n) is 3.68. The molecule has 0 aromatic carbocycles. The molecule has 0 aliphatic carbocycles. The number of nitrogens with zero attached hydrogens (tertiary/aromatic N) is 1. The first-order chi connectivity index (χ1) is 8.75. The van der Waals surface area contributed by atoms with E-state index in [0.29, 0.717) is 5.92 Å². The minimum atomic E-state index is 0.0422. The number of morpholine rings is 1. The Hall–Kier alpha value is -0.650. The lowest BCUT2D eigenvalue weighted by Gasteiger charge is -2.29. The summed E-state index contributed by atoms with van der Waals surface area (Å²) >= 11 is 0. The summed E-state index contributed by atoms with van der Waals surface area (Å²) in [4.78, 5) is 14.2. The van der Waals surface area contributed by atoms with Crippen molar-refractivity contribution in [3.8, 4) is 0 Å². The van der Waals surface area contributed by atoms with E-state index < -0.39 is 0 Å². The molecular weight excluding hydrogens is 230 g/mol. The van der Waals surface area contributed by atoms with Gasteiger partial charge in [0.1, 0.15) is 0 Å². The molecule has 2 rings (SSSR count). The highest BCUT2D eigenvalue weighted by molar-refractivity contribution is 5.81. The molecule has 5 heteroatoms. The van der Waals surface area contributed by atoms with Crippen molar-refractivity contribution < 1.29 is 9.53 Å². The third kappa shape index (κ3) is 4.23. The fraction of sp³-hybridized carbons (Fsp3) is 0.923. The molecular formula is C13H25N3O2. The van der Waals surface area contributed by atoms with Crippen molar-refractivity contribution in [3.63, 3.8) is 0 Å². The zero-order valence-electron chi connectivity index (χ0n) is 11.3. The summed E-state index contributed by atoms with van der Waals surface area (Å²) in [7, 11) is 0. The molecule has 2 aliphatic heterocycles. The van der Waals surface area contributed by atoms with Gasteiger partial charge in [-0.05, 0) is 25.3 Å². The number of hydrogen-bond acceptors (Lipinski definition) is 4. The maximum atomic E-state index is 11.8. The van der Waals surface area contributed by atoms with Crippen LogP contribution in [-0.4, -0.2) is 62.8 Å². The average molecular weight is 255 g/mol. The van der Waals surface area contributed by atoms with E-state index in [4.69, 9.17) is 4.74 Å². The van der Waals surface area contributed by atoms with Gasteiger partial charge in [0.2, 0.25) is 5.91 Å². The van der Waals surface area contributed by atoms with Crippen LogP contribution in [0.3, 0.4) is 0 Å². The first kappa shape index (κ1) is 13.8. The highest BCUT2D eigenvalue weighted by Crippen LogP contribution is 2.06. The van der Waals surface area contributed by atoms with E-state index in [-0.39, 0.29) is 11.9 Å². The summed E-state index contributed by atoms with van der Waals surface area (Å²) in [5, 5.41) is 6.28. The molecule has 5 nitrogen and oxygen atoms in total. The van der Waals surface area contributed by atoms with E-state index >= 15 is 0 Å². The smallest absolute Gasteiger partial charge is 0.237 e. The van der Waals surface area contributed by atoms with Crippen LogP contribution in [0.5, 0.6) is 0 Å². The summed E-state index contributed by atoms with van der Waals surface area (Å²) in [6.45, 7) is 8.69. The number of amides is 1. The standard InChI is InChI=1S/C13H25N3O2/c1-11(10-16-5-7-18-8-6-16)9-15-13(17)12-3-2-4-14-12/h11-12,14H,2-10H2,1H3,(H,15,17)/t11?,12-/m0/s1. The Morgan fingerprint density at radius 3 is 2.94 bits per heavy atom. The predicted octanol–water partition coefficient (Wildman–Crippen LogP) is -0.177. The largest absolute Gasteiger partial charge is 0.379 e. The molecule has 2 saturated heterocycles. The molecule has 2 atom stereocenters. The number of carbonyl (C=O) groups excluding carboxylic acids is 1. The molecule has 0 saturated carbocycles. The van der Waals surface area contributed by atoms with Crippen LogP contribution in [0.15, 0.2) is 0 Å². The first-order valence-electron chi connectivity index (χ1n) is 7.07.